The van der Waals surface area contributed by atoms with Crippen molar-refractivity contribution < 1.29 is 4.79 Å². The second kappa shape index (κ2) is 5.28. The Bertz CT molecular complexity index is 456. The van der Waals surface area contributed by atoms with Crippen molar-refractivity contribution in [1.82, 2.24) is 5.32 Å². The van der Waals surface area contributed by atoms with E-state index >= 15 is 0 Å². The maximum atomic E-state index is 12.3. The molecule has 2 nitrogen and oxygen atoms in total. The minimum absolute atomic E-state index is 0.150. The predicted molar refractivity (Wildman–Crippen MR) is 80.4 cm³/mol. The van der Waals surface area contributed by atoms with Gasteiger partial charge in [-0.15, -0.1) is 0 Å². The average Bonchev–Trinajstić information content (AvgIpc) is 3.04. The van der Waals surface area contributed by atoms with Crippen LogP contribution in [0.4, 0.5) is 0 Å². The number of carbonyl (C=O) groups excluding carboxylic acids is 1. The molecule has 102 valence electrons. The van der Waals surface area contributed by atoms with Crippen LogP contribution >= 0.6 is 15.9 Å². The molecular weight excluding hydrogens is 302 g/mol. The van der Waals surface area contributed by atoms with Crippen LogP contribution in [0.15, 0.2) is 24.3 Å². The van der Waals surface area contributed by atoms with Gasteiger partial charge in [0, 0.05) is 17.8 Å². The summed E-state index contributed by atoms with van der Waals surface area (Å²) in [6.07, 6.45) is 5.53. The number of benzene rings is 1. The Morgan fingerprint density at radius 3 is 2.42 bits per heavy atom. The number of hydrogen-bond acceptors (Lipinski definition) is 1. The van der Waals surface area contributed by atoms with Crippen LogP contribution in [0.5, 0.6) is 0 Å². The summed E-state index contributed by atoms with van der Waals surface area (Å²) in [6, 6.07) is 8.42. The number of nitrogens with one attached hydrogen (secondary N) is 1. The van der Waals surface area contributed by atoms with Gasteiger partial charge in [0.15, 0.2) is 0 Å². The molecular formula is C16H20BrNO. The van der Waals surface area contributed by atoms with Crippen molar-refractivity contribution in [3.8, 4) is 0 Å². The summed E-state index contributed by atoms with van der Waals surface area (Å²) in [6.45, 7) is 0.865. The molecule has 1 aromatic rings. The van der Waals surface area contributed by atoms with Gasteiger partial charge >= 0.3 is 0 Å². The van der Waals surface area contributed by atoms with E-state index in [4.69, 9.17) is 0 Å². The van der Waals surface area contributed by atoms with Gasteiger partial charge < -0.3 is 5.32 Å². The fourth-order valence-corrected chi connectivity index (χ4v) is 3.90. The van der Waals surface area contributed by atoms with Crippen molar-refractivity contribution in [1.29, 1.82) is 0 Å². The topological polar surface area (TPSA) is 29.1 Å². The summed E-state index contributed by atoms with van der Waals surface area (Å²) >= 11 is 3.51. The van der Waals surface area contributed by atoms with E-state index in [9.17, 15) is 4.79 Å². The summed E-state index contributed by atoms with van der Waals surface area (Å²) in [7, 11) is 0. The molecule has 3 rings (SSSR count). The lowest BCUT2D eigenvalue weighted by molar-refractivity contribution is -0.125. The van der Waals surface area contributed by atoms with Crippen LogP contribution in [0, 0.1) is 11.3 Å². The molecule has 0 unspecified atom stereocenters. The van der Waals surface area contributed by atoms with E-state index < -0.39 is 0 Å². The lowest BCUT2D eigenvalue weighted by atomic mass is 10.0. The van der Waals surface area contributed by atoms with Crippen molar-refractivity contribution in [2.24, 2.45) is 11.3 Å². The number of carbonyl (C=O) groups is 1. The second-order valence-corrected chi connectivity index (χ2v) is 6.82. The SMILES string of the molecule is O=C(NCC1(CCBr)CC1)C1Cc2ccccc2C1. The van der Waals surface area contributed by atoms with E-state index in [-0.39, 0.29) is 11.8 Å². The molecule has 0 spiro atoms. The third kappa shape index (κ3) is 2.86. The molecule has 1 N–H and O–H groups in total. The Balaban J connectivity index is 1.53. The molecule has 3 heteroatoms. The number of halogens is 1. The van der Waals surface area contributed by atoms with E-state index in [0.717, 1.165) is 24.7 Å². The van der Waals surface area contributed by atoms with E-state index in [2.05, 4.69) is 45.5 Å². The Morgan fingerprint density at radius 1 is 1.26 bits per heavy atom. The zero-order valence-corrected chi connectivity index (χ0v) is 12.7. The van der Waals surface area contributed by atoms with Crippen LogP contribution in [-0.4, -0.2) is 17.8 Å². The number of fused-ring (bicyclic) bond motifs is 1. The zero-order valence-electron chi connectivity index (χ0n) is 11.1. The van der Waals surface area contributed by atoms with Gasteiger partial charge in [0.05, 0.1) is 0 Å². The van der Waals surface area contributed by atoms with Crippen molar-refractivity contribution in [3.63, 3.8) is 0 Å². The highest BCUT2D eigenvalue weighted by Gasteiger charge is 2.42. The van der Waals surface area contributed by atoms with Gasteiger partial charge in [-0.05, 0) is 48.6 Å². The smallest absolute Gasteiger partial charge is 0.223 e. The monoisotopic (exact) mass is 321 g/mol. The first-order valence-corrected chi connectivity index (χ1v) is 8.25. The highest BCUT2D eigenvalue weighted by atomic mass is 79.9. The third-order valence-electron chi connectivity index (χ3n) is 4.64. The summed E-state index contributed by atoms with van der Waals surface area (Å²) in [5.41, 5.74) is 3.11. The maximum absolute atomic E-state index is 12.3. The minimum atomic E-state index is 0.150. The number of amides is 1. The van der Waals surface area contributed by atoms with Crippen molar-refractivity contribution in [3.05, 3.63) is 35.4 Å². The molecule has 1 saturated carbocycles. The first-order chi connectivity index (χ1) is 9.22. The molecule has 0 heterocycles. The van der Waals surface area contributed by atoms with Gasteiger partial charge in [0.1, 0.15) is 0 Å². The van der Waals surface area contributed by atoms with Gasteiger partial charge in [-0.25, -0.2) is 0 Å². The van der Waals surface area contributed by atoms with Gasteiger partial charge in [-0.2, -0.15) is 0 Å². The van der Waals surface area contributed by atoms with E-state index in [1.165, 1.54) is 30.4 Å². The molecule has 1 amide bonds. The summed E-state index contributed by atoms with van der Waals surface area (Å²) in [4.78, 5) is 12.3. The van der Waals surface area contributed by atoms with Crippen molar-refractivity contribution in [2.45, 2.75) is 32.1 Å². The Hall–Kier alpha value is -0.830. The van der Waals surface area contributed by atoms with Crippen LogP contribution in [0.25, 0.3) is 0 Å². The Labute approximate surface area is 123 Å². The molecule has 0 radical (unpaired) electrons. The van der Waals surface area contributed by atoms with Crippen LogP contribution in [0.3, 0.4) is 0 Å². The number of hydrogen-bond donors (Lipinski definition) is 1. The molecule has 0 aliphatic heterocycles. The average molecular weight is 322 g/mol. The van der Waals surface area contributed by atoms with Crippen LogP contribution in [-0.2, 0) is 17.6 Å². The minimum Gasteiger partial charge on any atom is -0.355 e. The fraction of sp³-hybridized carbons (Fsp3) is 0.562. The summed E-state index contributed by atoms with van der Waals surface area (Å²) < 4.78 is 0. The molecule has 1 fully saturated rings. The van der Waals surface area contributed by atoms with Crippen LogP contribution < -0.4 is 5.32 Å². The van der Waals surface area contributed by atoms with Gasteiger partial charge in [-0.1, -0.05) is 40.2 Å². The fourth-order valence-electron chi connectivity index (χ4n) is 3.06. The highest BCUT2D eigenvalue weighted by molar-refractivity contribution is 9.09. The number of rotatable bonds is 5. The summed E-state index contributed by atoms with van der Waals surface area (Å²) in [5.74, 6) is 0.397. The molecule has 2 aliphatic rings. The molecule has 0 saturated heterocycles. The molecule has 0 aromatic heterocycles. The largest absolute Gasteiger partial charge is 0.355 e. The quantitative estimate of drug-likeness (QED) is 0.830. The van der Waals surface area contributed by atoms with Crippen molar-refractivity contribution >= 4 is 21.8 Å². The van der Waals surface area contributed by atoms with E-state index in [0.29, 0.717) is 5.41 Å². The Morgan fingerprint density at radius 2 is 1.89 bits per heavy atom. The maximum Gasteiger partial charge on any atom is 0.223 e. The lowest BCUT2D eigenvalue weighted by Crippen LogP contribution is -2.35. The summed E-state index contributed by atoms with van der Waals surface area (Å²) in [5, 5.41) is 4.23. The Kier molecular flexibility index (Phi) is 3.66. The van der Waals surface area contributed by atoms with Crippen LogP contribution in [0.2, 0.25) is 0 Å². The lowest BCUT2D eigenvalue weighted by Gasteiger charge is -2.16. The number of alkyl halides is 1. The molecule has 19 heavy (non-hydrogen) atoms. The third-order valence-corrected chi connectivity index (χ3v) is 5.04. The second-order valence-electron chi connectivity index (χ2n) is 6.03. The van der Waals surface area contributed by atoms with Crippen LogP contribution in [0.1, 0.15) is 30.4 Å². The molecule has 0 atom stereocenters. The molecule has 1 aromatic carbocycles. The first-order valence-electron chi connectivity index (χ1n) is 7.13. The van der Waals surface area contributed by atoms with Gasteiger partial charge in [0.25, 0.3) is 0 Å². The van der Waals surface area contributed by atoms with Crippen molar-refractivity contribution in [2.75, 3.05) is 11.9 Å². The van der Waals surface area contributed by atoms with E-state index in [1.807, 2.05) is 0 Å². The first kappa shape index (κ1) is 13.2. The normalized spacial score (nSPS) is 20.1. The highest BCUT2D eigenvalue weighted by Crippen LogP contribution is 2.48. The predicted octanol–water partition coefficient (Wildman–Crippen LogP) is 3.08. The van der Waals surface area contributed by atoms with Gasteiger partial charge in [0.2, 0.25) is 5.91 Å². The zero-order chi connectivity index (χ0) is 13.3. The van der Waals surface area contributed by atoms with E-state index in [1.54, 1.807) is 0 Å². The molecule has 0 bridgehead atoms. The standard InChI is InChI=1S/C16H20BrNO/c17-8-7-16(5-6-16)11-18-15(19)14-9-12-3-1-2-4-13(12)10-14/h1-4,14H,5-11H2,(H,18,19). The van der Waals surface area contributed by atoms with Gasteiger partial charge in [-0.3, -0.25) is 4.79 Å². The molecule has 2 aliphatic carbocycles.